The molecule has 29 heavy (non-hydrogen) atoms. The molecular formula is C18H33N5O5S. The smallest absolute Gasteiger partial charge is 0.407 e. The molecule has 0 bridgehead atoms. The third-order valence-corrected chi connectivity index (χ3v) is 6.42. The van der Waals surface area contributed by atoms with Gasteiger partial charge in [-0.2, -0.15) is 0 Å². The SMILES string of the molecule is CN=C(NCCC(=O)NC1CCS(=O)(=O)C1)N1CCC(NC(=O)OC(C)(C)C)C1. The Hall–Kier alpha value is -2.04. The Morgan fingerprint density at radius 2 is 1.90 bits per heavy atom. The summed E-state index contributed by atoms with van der Waals surface area (Å²) in [6.07, 6.45) is 1.04. The van der Waals surface area contributed by atoms with Crippen LogP contribution in [0.1, 0.15) is 40.0 Å². The lowest BCUT2D eigenvalue weighted by Crippen LogP contribution is -2.45. The predicted molar refractivity (Wildman–Crippen MR) is 111 cm³/mol. The minimum absolute atomic E-state index is 0.0215. The highest BCUT2D eigenvalue weighted by atomic mass is 32.2. The fraction of sp³-hybridized carbons (Fsp3) is 0.833. The van der Waals surface area contributed by atoms with Crippen LogP contribution in [-0.4, -0.2) is 87.2 Å². The molecule has 2 saturated heterocycles. The molecule has 0 saturated carbocycles. The first-order chi connectivity index (χ1) is 13.5. The maximum absolute atomic E-state index is 12.0. The fourth-order valence-electron chi connectivity index (χ4n) is 3.37. The number of hydrogen-bond donors (Lipinski definition) is 3. The van der Waals surface area contributed by atoms with Gasteiger partial charge in [0.05, 0.1) is 17.5 Å². The lowest BCUT2D eigenvalue weighted by molar-refractivity contribution is -0.121. The van der Waals surface area contributed by atoms with Gasteiger partial charge in [-0.25, -0.2) is 13.2 Å². The highest BCUT2D eigenvalue weighted by molar-refractivity contribution is 7.91. The molecule has 0 spiro atoms. The number of aliphatic imine (C=N–C) groups is 1. The van der Waals surface area contributed by atoms with Crippen molar-refractivity contribution in [1.82, 2.24) is 20.9 Å². The number of carbonyl (C=O) groups is 2. The lowest BCUT2D eigenvalue weighted by atomic mass is 10.2. The van der Waals surface area contributed by atoms with E-state index in [0.29, 0.717) is 25.5 Å². The number of guanidine groups is 1. The summed E-state index contributed by atoms with van der Waals surface area (Å²) >= 11 is 0. The zero-order chi connectivity index (χ0) is 21.7. The summed E-state index contributed by atoms with van der Waals surface area (Å²) in [7, 11) is -1.34. The number of hydrogen-bond acceptors (Lipinski definition) is 6. The van der Waals surface area contributed by atoms with Gasteiger partial charge in [-0.05, 0) is 33.6 Å². The van der Waals surface area contributed by atoms with Crippen molar-refractivity contribution in [3.05, 3.63) is 0 Å². The van der Waals surface area contributed by atoms with Crippen molar-refractivity contribution >= 4 is 27.8 Å². The predicted octanol–water partition coefficient (Wildman–Crippen LogP) is -0.146. The number of alkyl carbamates (subject to hydrolysis) is 1. The molecule has 0 aromatic heterocycles. The van der Waals surface area contributed by atoms with Crippen LogP contribution in [0.3, 0.4) is 0 Å². The van der Waals surface area contributed by atoms with Crippen LogP contribution in [0, 0.1) is 0 Å². The summed E-state index contributed by atoms with van der Waals surface area (Å²) in [5.74, 6) is 0.639. The molecular weight excluding hydrogens is 398 g/mol. The van der Waals surface area contributed by atoms with Crippen LogP contribution in [0.4, 0.5) is 4.79 Å². The van der Waals surface area contributed by atoms with E-state index in [2.05, 4.69) is 20.9 Å². The molecule has 2 atom stereocenters. The minimum atomic E-state index is -3.01. The van der Waals surface area contributed by atoms with Gasteiger partial charge in [0.25, 0.3) is 0 Å². The molecule has 2 fully saturated rings. The Kier molecular flexibility index (Phi) is 7.73. The number of likely N-dealkylation sites (tertiary alicyclic amines) is 1. The summed E-state index contributed by atoms with van der Waals surface area (Å²) in [5, 5.41) is 8.79. The molecule has 2 heterocycles. The Labute approximate surface area is 172 Å². The van der Waals surface area contributed by atoms with E-state index < -0.39 is 21.5 Å². The molecule has 0 radical (unpaired) electrons. The molecule has 11 heteroatoms. The topological polar surface area (TPSA) is 129 Å². The second kappa shape index (κ2) is 9.64. The number of ether oxygens (including phenoxy) is 1. The standard InChI is InChI=1S/C18H33N5O5S/c1-18(2,3)28-17(25)22-13-6-9-23(11-13)16(19-4)20-8-5-15(24)21-14-7-10-29(26,27)12-14/h13-14H,5-12H2,1-4H3,(H,19,20)(H,21,24)(H,22,25). The van der Waals surface area contributed by atoms with E-state index >= 15 is 0 Å². The number of nitrogens with zero attached hydrogens (tertiary/aromatic N) is 2. The van der Waals surface area contributed by atoms with Crippen LogP contribution in [0.2, 0.25) is 0 Å². The van der Waals surface area contributed by atoms with Gasteiger partial charge < -0.3 is 25.6 Å². The average Bonchev–Trinajstić information content (AvgIpc) is 3.16. The van der Waals surface area contributed by atoms with Gasteiger partial charge in [-0.15, -0.1) is 0 Å². The second-order valence-electron chi connectivity index (χ2n) is 8.47. The van der Waals surface area contributed by atoms with Crippen LogP contribution >= 0.6 is 0 Å². The normalized spacial score (nSPS) is 24.3. The zero-order valence-electron chi connectivity index (χ0n) is 17.7. The Balaban J connectivity index is 1.70. The van der Waals surface area contributed by atoms with Crippen molar-refractivity contribution < 1.29 is 22.7 Å². The first-order valence-electron chi connectivity index (χ1n) is 9.92. The van der Waals surface area contributed by atoms with Gasteiger partial charge in [-0.1, -0.05) is 0 Å². The zero-order valence-corrected chi connectivity index (χ0v) is 18.5. The number of nitrogens with one attached hydrogen (secondary N) is 3. The van der Waals surface area contributed by atoms with E-state index in [-0.39, 0.29) is 35.9 Å². The summed E-state index contributed by atoms with van der Waals surface area (Å²) < 4.78 is 28.2. The number of amides is 2. The van der Waals surface area contributed by atoms with Gasteiger partial charge in [-0.3, -0.25) is 9.79 Å². The van der Waals surface area contributed by atoms with Gasteiger partial charge >= 0.3 is 6.09 Å². The first-order valence-corrected chi connectivity index (χ1v) is 11.7. The van der Waals surface area contributed by atoms with Crippen molar-refractivity contribution in [1.29, 1.82) is 0 Å². The van der Waals surface area contributed by atoms with Crippen LogP contribution in [0.5, 0.6) is 0 Å². The highest BCUT2D eigenvalue weighted by Gasteiger charge is 2.29. The molecule has 2 rings (SSSR count). The Morgan fingerprint density at radius 1 is 1.17 bits per heavy atom. The molecule has 2 aliphatic heterocycles. The summed E-state index contributed by atoms with van der Waals surface area (Å²) in [6.45, 7) is 7.18. The third kappa shape index (κ3) is 8.08. The van der Waals surface area contributed by atoms with E-state index in [4.69, 9.17) is 4.74 Å². The van der Waals surface area contributed by atoms with E-state index in [1.165, 1.54) is 0 Å². The van der Waals surface area contributed by atoms with E-state index in [9.17, 15) is 18.0 Å². The molecule has 3 N–H and O–H groups in total. The van der Waals surface area contributed by atoms with Crippen molar-refractivity contribution in [2.24, 2.45) is 4.99 Å². The molecule has 0 aromatic rings. The first kappa shape index (κ1) is 23.2. The largest absolute Gasteiger partial charge is 0.444 e. The Morgan fingerprint density at radius 3 is 2.48 bits per heavy atom. The number of sulfone groups is 1. The maximum Gasteiger partial charge on any atom is 0.407 e. The minimum Gasteiger partial charge on any atom is -0.444 e. The quantitative estimate of drug-likeness (QED) is 0.408. The highest BCUT2D eigenvalue weighted by Crippen LogP contribution is 2.13. The lowest BCUT2D eigenvalue weighted by Gasteiger charge is -2.23. The molecule has 10 nitrogen and oxygen atoms in total. The van der Waals surface area contributed by atoms with Crippen LogP contribution in [-0.2, 0) is 19.4 Å². The van der Waals surface area contributed by atoms with Gasteiger partial charge in [0.15, 0.2) is 15.8 Å². The van der Waals surface area contributed by atoms with Crippen LogP contribution < -0.4 is 16.0 Å². The van der Waals surface area contributed by atoms with Crippen molar-refractivity contribution in [3.63, 3.8) is 0 Å². The number of rotatable bonds is 5. The van der Waals surface area contributed by atoms with Gasteiger partial charge in [0, 0.05) is 39.1 Å². The average molecular weight is 432 g/mol. The fourth-order valence-corrected chi connectivity index (χ4v) is 5.05. The van der Waals surface area contributed by atoms with Crippen molar-refractivity contribution in [2.75, 3.05) is 38.2 Å². The van der Waals surface area contributed by atoms with E-state index in [1.807, 2.05) is 25.7 Å². The maximum atomic E-state index is 12.0. The van der Waals surface area contributed by atoms with Crippen LogP contribution in [0.25, 0.3) is 0 Å². The molecule has 0 aromatic carbocycles. The summed E-state index contributed by atoms with van der Waals surface area (Å²) in [4.78, 5) is 30.2. The van der Waals surface area contributed by atoms with E-state index in [0.717, 1.165) is 13.0 Å². The summed E-state index contributed by atoms with van der Waals surface area (Å²) in [5.41, 5.74) is -0.538. The summed E-state index contributed by atoms with van der Waals surface area (Å²) in [6, 6.07) is -0.318. The molecule has 0 aliphatic carbocycles. The molecule has 2 amide bonds. The monoisotopic (exact) mass is 431 g/mol. The van der Waals surface area contributed by atoms with Crippen LogP contribution in [0.15, 0.2) is 4.99 Å². The van der Waals surface area contributed by atoms with E-state index in [1.54, 1.807) is 7.05 Å². The molecule has 2 unspecified atom stereocenters. The van der Waals surface area contributed by atoms with Gasteiger partial charge in [0.2, 0.25) is 5.91 Å². The van der Waals surface area contributed by atoms with Gasteiger partial charge in [0.1, 0.15) is 5.60 Å². The Bertz CT molecular complexity index is 731. The van der Waals surface area contributed by atoms with Crippen molar-refractivity contribution in [2.45, 2.75) is 57.7 Å². The second-order valence-corrected chi connectivity index (χ2v) is 10.7. The number of carbonyl (C=O) groups excluding carboxylic acids is 2. The molecule has 166 valence electrons. The molecule has 2 aliphatic rings. The third-order valence-electron chi connectivity index (χ3n) is 4.65. The van der Waals surface area contributed by atoms with Crippen molar-refractivity contribution in [3.8, 4) is 0 Å².